The van der Waals surface area contributed by atoms with Crippen LogP contribution in [0.5, 0.6) is 0 Å². The van der Waals surface area contributed by atoms with Crippen molar-refractivity contribution in [2.45, 2.75) is 31.1 Å². The average Bonchev–Trinajstić information content (AvgIpc) is 2.24. The molecule has 92 valence electrons. The molecule has 0 bridgehead atoms. The molecule has 1 rings (SSSR count). The Morgan fingerprint density at radius 2 is 2.12 bits per heavy atom. The van der Waals surface area contributed by atoms with Gasteiger partial charge in [0.2, 0.25) is 0 Å². The van der Waals surface area contributed by atoms with E-state index < -0.39 is 0 Å². The molecule has 0 heterocycles. The number of nitrogens with zero attached hydrogens (tertiary/aromatic N) is 1. The summed E-state index contributed by atoms with van der Waals surface area (Å²) in [5, 5.41) is 11.0. The predicted molar refractivity (Wildman–Crippen MR) is 72.7 cm³/mol. The van der Waals surface area contributed by atoms with Gasteiger partial charge in [-0.2, -0.15) is 0 Å². The fraction of sp³-hybridized carbons (Fsp3) is 0.385. The van der Waals surface area contributed by atoms with E-state index in [-0.39, 0.29) is 16.0 Å². The minimum atomic E-state index is -0.319. The Balaban J connectivity index is 3.17. The van der Waals surface area contributed by atoms with Crippen LogP contribution in [0.3, 0.4) is 0 Å². The zero-order valence-corrected chi connectivity index (χ0v) is 11.2. The van der Waals surface area contributed by atoms with E-state index in [0.717, 1.165) is 5.56 Å². The van der Waals surface area contributed by atoms with E-state index >= 15 is 0 Å². The van der Waals surface area contributed by atoms with Gasteiger partial charge in [0.25, 0.3) is 5.69 Å². The van der Waals surface area contributed by atoms with E-state index in [4.69, 9.17) is 0 Å². The zero-order chi connectivity index (χ0) is 13.1. The topological polar surface area (TPSA) is 43.1 Å². The van der Waals surface area contributed by atoms with Crippen LogP contribution in [0.4, 0.5) is 5.69 Å². The summed E-state index contributed by atoms with van der Waals surface area (Å²) in [6.07, 6.45) is 1.74. The first-order valence-corrected chi connectivity index (χ1v) is 6.37. The normalized spacial score (nSPS) is 11.2. The Hall–Kier alpha value is -1.29. The van der Waals surface area contributed by atoms with Crippen LogP contribution in [0.15, 0.2) is 35.7 Å². The Morgan fingerprint density at radius 1 is 1.47 bits per heavy atom. The van der Waals surface area contributed by atoms with E-state index in [0.29, 0.717) is 10.6 Å². The molecule has 0 amide bonds. The molecule has 0 fully saturated rings. The van der Waals surface area contributed by atoms with Gasteiger partial charge in [0.05, 0.1) is 9.82 Å². The molecular formula is C13H17NO2S. The fourth-order valence-corrected chi connectivity index (χ4v) is 2.14. The third-order valence-electron chi connectivity index (χ3n) is 2.38. The van der Waals surface area contributed by atoms with Gasteiger partial charge in [-0.15, -0.1) is 18.3 Å². The van der Waals surface area contributed by atoms with Crippen LogP contribution in [-0.2, 0) is 5.41 Å². The van der Waals surface area contributed by atoms with Gasteiger partial charge in [-0.1, -0.05) is 32.9 Å². The summed E-state index contributed by atoms with van der Waals surface area (Å²) in [5.74, 6) is 0.676. The molecular weight excluding hydrogens is 234 g/mol. The lowest BCUT2D eigenvalue weighted by Crippen LogP contribution is -2.11. The highest BCUT2D eigenvalue weighted by Gasteiger charge is 2.20. The Morgan fingerprint density at radius 3 is 2.59 bits per heavy atom. The Bertz CT molecular complexity index is 436. The highest BCUT2D eigenvalue weighted by atomic mass is 32.2. The maximum absolute atomic E-state index is 11.0. The van der Waals surface area contributed by atoms with Gasteiger partial charge in [-0.25, -0.2) is 0 Å². The monoisotopic (exact) mass is 251 g/mol. The number of nitro benzene ring substituents is 1. The van der Waals surface area contributed by atoms with Crippen molar-refractivity contribution in [3.8, 4) is 0 Å². The minimum Gasteiger partial charge on any atom is -0.258 e. The quantitative estimate of drug-likeness (QED) is 0.349. The van der Waals surface area contributed by atoms with Gasteiger partial charge in [-0.05, 0) is 17.0 Å². The fourth-order valence-electron chi connectivity index (χ4n) is 1.40. The zero-order valence-electron chi connectivity index (χ0n) is 10.4. The van der Waals surface area contributed by atoms with Crippen molar-refractivity contribution in [3.63, 3.8) is 0 Å². The molecule has 0 saturated heterocycles. The van der Waals surface area contributed by atoms with Crippen molar-refractivity contribution < 1.29 is 4.92 Å². The van der Waals surface area contributed by atoms with Crippen molar-refractivity contribution in [2.24, 2.45) is 0 Å². The number of benzene rings is 1. The van der Waals surface area contributed by atoms with Crippen LogP contribution in [0.1, 0.15) is 26.3 Å². The van der Waals surface area contributed by atoms with Crippen LogP contribution in [0.25, 0.3) is 0 Å². The molecule has 0 unspecified atom stereocenters. The van der Waals surface area contributed by atoms with Gasteiger partial charge in [-0.3, -0.25) is 10.1 Å². The van der Waals surface area contributed by atoms with Crippen molar-refractivity contribution in [1.82, 2.24) is 0 Å². The smallest absolute Gasteiger partial charge is 0.258 e. The van der Waals surface area contributed by atoms with Gasteiger partial charge >= 0.3 is 0 Å². The van der Waals surface area contributed by atoms with Crippen molar-refractivity contribution in [1.29, 1.82) is 0 Å². The van der Waals surface area contributed by atoms with E-state index in [1.807, 2.05) is 32.9 Å². The first-order chi connectivity index (χ1) is 7.86. The number of hydrogen-bond donors (Lipinski definition) is 0. The minimum absolute atomic E-state index is 0.0770. The number of thioether (sulfide) groups is 1. The molecule has 0 atom stereocenters. The lowest BCUT2D eigenvalue weighted by molar-refractivity contribution is -0.387. The second-order valence-electron chi connectivity index (χ2n) is 4.79. The number of hydrogen-bond acceptors (Lipinski definition) is 3. The first kappa shape index (κ1) is 13.8. The summed E-state index contributed by atoms with van der Waals surface area (Å²) in [6.45, 7) is 9.75. The van der Waals surface area contributed by atoms with Crippen molar-refractivity contribution in [2.75, 3.05) is 5.75 Å². The average molecular weight is 251 g/mol. The first-order valence-electron chi connectivity index (χ1n) is 5.39. The molecule has 0 saturated carbocycles. The van der Waals surface area contributed by atoms with E-state index in [1.54, 1.807) is 12.1 Å². The maximum Gasteiger partial charge on any atom is 0.283 e. The van der Waals surface area contributed by atoms with E-state index in [9.17, 15) is 10.1 Å². The number of nitro groups is 1. The second kappa shape index (κ2) is 5.36. The van der Waals surface area contributed by atoms with Gasteiger partial charge in [0.15, 0.2) is 0 Å². The molecule has 0 aliphatic rings. The third kappa shape index (κ3) is 3.60. The SMILES string of the molecule is C=CCSc1ccc(C(C)(C)C)cc1[N+](=O)[O-]. The molecule has 0 radical (unpaired) electrons. The van der Waals surface area contributed by atoms with Crippen molar-refractivity contribution in [3.05, 3.63) is 46.5 Å². The van der Waals surface area contributed by atoms with Crippen LogP contribution < -0.4 is 0 Å². The summed E-state index contributed by atoms with van der Waals surface area (Å²) in [6, 6.07) is 5.46. The Kier molecular flexibility index (Phi) is 4.34. The molecule has 0 aliphatic heterocycles. The second-order valence-corrected chi connectivity index (χ2v) is 5.85. The van der Waals surface area contributed by atoms with Gasteiger partial charge in [0.1, 0.15) is 0 Å². The van der Waals surface area contributed by atoms with E-state index in [1.165, 1.54) is 11.8 Å². The molecule has 17 heavy (non-hydrogen) atoms. The molecule has 0 N–H and O–H groups in total. The molecule has 0 aliphatic carbocycles. The molecule has 0 spiro atoms. The summed E-state index contributed by atoms with van der Waals surface area (Å²) < 4.78 is 0. The van der Waals surface area contributed by atoms with Crippen molar-refractivity contribution >= 4 is 17.4 Å². The molecule has 3 nitrogen and oxygen atoms in total. The number of rotatable bonds is 4. The standard InChI is InChI=1S/C13H17NO2S/c1-5-8-17-12-7-6-10(13(2,3)4)9-11(12)14(15)16/h5-7,9H,1,8H2,2-4H3. The Labute approximate surface area is 106 Å². The molecule has 1 aromatic rings. The lowest BCUT2D eigenvalue weighted by Gasteiger charge is -2.19. The largest absolute Gasteiger partial charge is 0.283 e. The summed E-state index contributed by atoms with van der Waals surface area (Å²) >= 11 is 1.43. The summed E-state index contributed by atoms with van der Waals surface area (Å²) in [4.78, 5) is 11.4. The third-order valence-corrected chi connectivity index (χ3v) is 3.44. The van der Waals surface area contributed by atoms with Gasteiger partial charge < -0.3 is 0 Å². The molecule has 4 heteroatoms. The van der Waals surface area contributed by atoms with E-state index in [2.05, 4.69) is 6.58 Å². The highest BCUT2D eigenvalue weighted by molar-refractivity contribution is 7.99. The van der Waals surface area contributed by atoms with Crippen LogP contribution in [-0.4, -0.2) is 10.7 Å². The predicted octanol–water partition coefficient (Wildman–Crippen LogP) is 4.17. The molecule has 1 aromatic carbocycles. The highest BCUT2D eigenvalue weighted by Crippen LogP contribution is 2.33. The maximum atomic E-state index is 11.0. The van der Waals surface area contributed by atoms with Crippen LogP contribution >= 0.6 is 11.8 Å². The van der Waals surface area contributed by atoms with Crippen LogP contribution in [0.2, 0.25) is 0 Å². The van der Waals surface area contributed by atoms with Gasteiger partial charge in [0, 0.05) is 11.8 Å². The lowest BCUT2D eigenvalue weighted by atomic mass is 9.87. The summed E-state index contributed by atoms with van der Waals surface area (Å²) in [5.41, 5.74) is 1.09. The van der Waals surface area contributed by atoms with Crippen LogP contribution in [0, 0.1) is 10.1 Å². The summed E-state index contributed by atoms with van der Waals surface area (Å²) in [7, 11) is 0. The molecule has 0 aromatic heterocycles.